The fraction of sp³-hybridized carbons (Fsp3) is 0.474. The van der Waals surface area contributed by atoms with Crippen molar-refractivity contribution in [2.75, 3.05) is 5.32 Å². The highest BCUT2D eigenvalue weighted by atomic mass is 35.5. The minimum Gasteiger partial charge on any atom is -0.393 e. The summed E-state index contributed by atoms with van der Waals surface area (Å²) in [6.07, 6.45) is 7.50. The van der Waals surface area contributed by atoms with Crippen LogP contribution in [0.2, 0.25) is 5.15 Å². The zero-order chi connectivity index (χ0) is 19.0. The number of pyridine rings is 1. The Morgan fingerprint density at radius 2 is 1.96 bits per heavy atom. The third kappa shape index (κ3) is 4.23. The highest BCUT2D eigenvalue weighted by Crippen LogP contribution is 2.52. The molecule has 1 unspecified atom stereocenters. The minimum absolute atomic E-state index is 0.174. The maximum atomic E-state index is 13.1. The molecule has 8 heteroatoms. The fourth-order valence-electron chi connectivity index (χ4n) is 3.29. The number of halogens is 3. The molecule has 142 valence electrons. The van der Waals surface area contributed by atoms with E-state index in [9.17, 15) is 13.9 Å². The normalized spacial score (nSPS) is 26.1. The molecule has 4 rings (SSSR count). The van der Waals surface area contributed by atoms with Crippen LogP contribution in [0, 0.1) is 11.8 Å². The molecule has 2 aromatic rings. The maximum absolute atomic E-state index is 13.1. The number of alkyl halides is 2. The number of nitrogens with zero attached hydrogens (tertiary/aromatic N) is 3. The molecule has 0 spiro atoms. The van der Waals surface area contributed by atoms with Gasteiger partial charge < -0.3 is 10.4 Å². The van der Waals surface area contributed by atoms with Gasteiger partial charge >= 0.3 is 0 Å². The van der Waals surface area contributed by atoms with Crippen molar-refractivity contribution in [3.8, 4) is 11.8 Å². The lowest BCUT2D eigenvalue weighted by Crippen LogP contribution is -2.28. The van der Waals surface area contributed by atoms with E-state index >= 15 is 0 Å². The Morgan fingerprint density at radius 3 is 2.67 bits per heavy atom. The van der Waals surface area contributed by atoms with Crippen molar-refractivity contribution in [2.45, 2.75) is 56.2 Å². The Labute approximate surface area is 160 Å². The van der Waals surface area contributed by atoms with E-state index in [1.54, 1.807) is 12.3 Å². The van der Waals surface area contributed by atoms with Gasteiger partial charge in [0.15, 0.2) is 0 Å². The second-order valence-corrected chi connectivity index (χ2v) is 7.53. The Balaban J connectivity index is 1.50. The summed E-state index contributed by atoms with van der Waals surface area (Å²) in [7, 11) is 0. The fourth-order valence-corrected chi connectivity index (χ4v) is 3.45. The van der Waals surface area contributed by atoms with Crippen LogP contribution in [0.25, 0.3) is 0 Å². The number of hydrogen-bond acceptors (Lipinski definition) is 4. The predicted molar refractivity (Wildman–Crippen MR) is 97.9 cm³/mol. The molecule has 0 amide bonds. The molecule has 2 aromatic heterocycles. The predicted octanol–water partition coefficient (Wildman–Crippen LogP) is 3.63. The molecule has 0 saturated heterocycles. The van der Waals surface area contributed by atoms with Gasteiger partial charge in [0.1, 0.15) is 11.2 Å². The lowest BCUT2D eigenvalue weighted by Gasteiger charge is -2.27. The van der Waals surface area contributed by atoms with Crippen LogP contribution < -0.4 is 5.32 Å². The number of hydrogen-bond donors (Lipinski definition) is 2. The average molecular weight is 393 g/mol. The summed E-state index contributed by atoms with van der Waals surface area (Å²) < 4.78 is 27.6. The first-order valence-corrected chi connectivity index (χ1v) is 9.33. The van der Waals surface area contributed by atoms with Gasteiger partial charge in [-0.2, -0.15) is 5.10 Å². The van der Waals surface area contributed by atoms with Crippen LogP contribution in [-0.2, 0) is 0 Å². The number of aliphatic hydroxyl groups is 1. The Hall–Kier alpha value is -2.17. The maximum Gasteiger partial charge on any atom is 0.272 e. The van der Waals surface area contributed by atoms with Crippen LogP contribution in [0.5, 0.6) is 0 Å². The van der Waals surface area contributed by atoms with Gasteiger partial charge in [0.2, 0.25) is 0 Å². The van der Waals surface area contributed by atoms with Crippen LogP contribution in [0.4, 0.5) is 14.5 Å². The summed E-state index contributed by atoms with van der Waals surface area (Å²) in [6.45, 7) is 0. The molecule has 5 nitrogen and oxygen atoms in total. The summed E-state index contributed by atoms with van der Waals surface area (Å²) in [5.41, 5.74) is 2.03. The van der Waals surface area contributed by atoms with Crippen molar-refractivity contribution in [2.24, 2.45) is 0 Å². The second-order valence-electron chi connectivity index (χ2n) is 7.14. The summed E-state index contributed by atoms with van der Waals surface area (Å²) in [5, 5.41) is 17.4. The van der Waals surface area contributed by atoms with Crippen LogP contribution in [0.1, 0.15) is 49.3 Å². The van der Waals surface area contributed by atoms with Gasteiger partial charge in [0.05, 0.1) is 29.1 Å². The van der Waals surface area contributed by atoms with Crippen LogP contribution in [-0.4, -0.2) is 37.9 Å². The molecule has 2 N–H and O–H groups in total. The molecule has 0 bridgehead atoms. The molecule has 2 fully saturated rings. The molecule has 1 atom stereocenters. The van der Waals surface area contributed by atoms with Crippen molar-refractivity contribution in [3.63, 3.8) is 0 Å². The van der Waals surface area contributed by atoms with Crippen molar-refractivity contribution in [3.05, 3.63) is 40.9 Å². The van der Waals surface area contributed by atoms with Gasteiger partial charge in [-0.25, -0.2) is 13.8 Å². The molecule has 2 saturated carbocycles. The molecule has 0 radical (unpaired) electrons. The monoisotopic (exact) mass is 392 g/mol. The lowest BCUT2D eigenvalue weighted by molar-refractivity contribution is 0.0983. The number of rotatable bonds is 3. The summed E-state index contributed by atoms with van der Waals surface area (Å²) in [4.78, 5) is 4.08. The smallest absolute Gasteiger partial charge is 0.272 e. The highest BCUT2D eigenvalue weighted by molar-refractivity contribution is 6.29. The van der Waals surface area contributed by atoms with E-state index in [4.69, 9.17) is 11.6 Å². The molecule has 2 aliphatic rings. The van der Waals surface area contributed by atoms with Gasteiger partial charge in [-0.15, -0.1) is 0 Å². The van der Waals surface area contributed by atoms with Crippen molar-refractivity contribution in [1.82, 2.24) is 14.8 Å². The first-order chi connectivity index (χ1) is 12.9. The third-order valence-electron chi connectivity index (χ3n) is 4.98. The van der Waals surface area contributed by atoms with E-state index in [-0.39, 0.29) is 18.6 Å². The third-order valence-corrected chi connectivity index (χ3v) is 5.19. The van der Waals surface area contributed by atoms with Gasteiger partial charge in [0.25, 0.3) is 5.92 Å². The van der Waals surface area contributed by atoms with E-state index in [0.29, 0.717) is 16.3 Å². The van der Waals surface area contributed by atoms with E-state index < -0.39 is 12.0 Å². The largest absolute Gasteiger partial charge is 0.393 e. The van der Waals surface area contributed by atoms with Crippen molar-refractivity contribution < 1.29 is 13.9 Å². The van der Waals surface area contributed by atoms with Crippen LogP contribution in [0.15, 0.2) is 24.7 Å². The summed E-state index contributed by atoms with van der Waals surface area (Å²) in [6, 6.07) is 1.11. The Bertz CT molecular complexity index is 897. The number of anilines is 1. The zero-order valence-electron chi connectivity index (χ0n) is 14.5. The molecule has 2 heterocycles. The SMILES string of the molecule is OC1CCC(Nc2cc(Cl)ncc2C#Cc2cnn(C3CC3(F)F)c2)CC1. The second kappa shape index (κ2) is 7.10. The van der Waals surface area contributed by atoms with E-state index in [1.807, 2.05) is 0 Å². The van der Waals surface area contributed by atoms with E-state index in [1.165, 1.54) is 17.1 Å². The van der Waals surface area contributed by atoms with Crippen LogP contribution in [0.3, 0.4) is 0 Å². The topological polar surface area (TPSA) is 63.0 Å². The zero-order valence-corrected chi connectivity index (χ0v) is 15.3. The molecular formula is C19H19ClF2N4O. The molecule has 27 heavy (non-hydrogen) atoms. The van der Waals surface area contributed by atoms with Gasteiger partial charge in [-0.1, -0.05) is 23.4 Å². The van der Waals surface area contributed by atoms with E-state index in [0.717, 1.165) is 31.4 Å². The average Bonchev–Trinajstić information content (AvgIpc) is 3.04. The first-order valence-electron chi connectivity index (χ1n) is 8.95. The van der Waals surface area contributed by atoms with Crippen molar-refractivity contribution >= 4 is 17.3 Å². The molecular weight excluding hydrogens is 374 g/mol. The number of aliphatic hydroxyl groups excluding tert-OH is 1. The summed E-state index contributed by atoms with van der Waals surface area (Å²) in [5.74, 6) is 3.31. The molecule has 0 aliphatic heterocycles. The van der Waals surface area contributed by atoms with Gasteiger partial charge in [-0.05, 0) is 31.7 Å². The van der Waals surface area contributed by atoms with Crippen molar-refractivity contribution in [1.29, 1.82) is 0 Å². The minimum atomic E-state index is -2.67. The van der Waals surface area contributed by atoms with E-state index in [2.05, 4.69) is 27.2 Å². The Kier molecular flexibility index (Phi) is 4.79. The molecule has 0 aromatic carbocycles. The number of aromatic nitrogens is 3. The van der Waals surface area contributed by atoms with Gasteiger partial charge in [0, 0.05) is 24.9 Å². The van der Waals surface area contributed by atoms with Gasteiger partial charge in [-0.3, -0.25) is 4.68 Å². The number of nitrogens with one attached hydrogen (secondary N) is 1. The lowest BCUT2D eigenvalue weighted by atomic mass is 9.93. The molecule has 2 aliphatic carbocycles. The summed E-state index contributed by atoms with van der Waals surface area (Å²) >= 11 is 6.02. The quantitative estimate of drug-likeness (QED) is 0.618. The Morgan fingerprint density at radius 1 is 1.22 bits per heavy atom. The first kappa shape index (κ1) is 18.2. The standard InChI is InChI=1S/C19H19ClF2N4O/c20-18-7-16(25-14-3-5-15(27)6-4-14)13(10-23-18)2-1-12-9-24-26(11-12)17-8-19(17,21)22/h7,9-11,14-15,17,27H,3-6,8H2,(H,23,25). The van der Waals surface area contributed by atoms with Crippen LogP contribution >= 0.6 is 11.6 Å². The highest BCUT2D eigenvalue weighted by Gasteiger charge is 2.59.